The topological polar surface area (TPSA) is 109 Å². The summed E-state index contributed by atoms with van der Waals surface area (Å²) < 4.78 is 5.20. The first-order chi connectivity index (χ1) is 15.3. The molecule has 0 aliphatic carbocycles. The van der Waals surface area contributed by atoms with Crippen LogP contribution >= 0.6 is 23.8 Å². The van der Waals surface area contributed by atoms with Crippen LogP contribution in [0.4, 0.5) is 5.69 Å². The van der Waals surface area contributed by atoms with Gasteiger partial charge in [0.2, 0.25) is 17.7 Å². The normalized spacial score (nSPS) is 10.3. The second-order valence-electron chi connectivity index (χ2n) is 6.53. The monoisotopic (exact) mass is 474 g/mol. The molecule has 168 valence electrons. The molecule has 4 N–H and O–H groups in total. The van der Waals surface area contributed by atoms with Gasteiger partial charge in [0, 0.05) is 35.2 Å². The van der Waals surface area contributed by atoms with Crippen molar-refractivity contribution in [1.82, 2.24) is 16.2 Å². The molecule has 2 aromatic carbocycles. The Labute approximate surface area is 196 Å². The van der Waals surface area contributed by atoms with Gasteiger partial charge in [-0.2, -0.15) is 0 Å². The van der Waals surface area contributed by atoms with Gasteiger partial charge in [-0.25, -0.2) is 0 Å². The summed E-state index contributed by atoms with van der Waals surface area (Å²) in [6, 6.07) is 12.4. The fourth-order valence-electron chi connectivity index (χ4n) is 2.53. The Morgan fingerprint density at radius 1 is 1.03 bits per heavy atom. The Bertz CT molecular complexity index is 1040. The molecule has 32 heavy (non-hydrogen) atoms. The number of halogens is 1. The van der Waals surface area contributed by atoms with Crippen molar-refractivity contribution in [2.24, 2.45) is 0 Å². The second kappa shape index (κ2) is 12.4. The SMILES string of the molecule is COc1ccccc1/C=C/C(=O)NC(=S)NNC(=O)CCC(=O)Nc1cccc(Cl)c1C. The first-order valence-electron chi connectivity index (χ1n) is 9.56. The van der Waals surface area contributed by atoms with Gasteiger partial charge < -0.3 is 10.1 Å². The standard InChI is InChI=1S/C22H23ClN4O4S/c1-14-16(23)7-5-8-17(14)24-19(28)12-13-21(30)26-27-22(32)25-20(29)11-10-15-6-3-4-9-18(15)31-2/h3-11H,12-13H2,1-2H3,(H,24,28)(H,26,30)(H2,25,27,29,32)/b11-10+. The van der Waals surface area contributed by atoms with Gasteiger partial charge in [-0.15, -0.1) is 0 Å². The Morgan fingerprint density at radius 2 is 1.75 bits per heavy atom. The number of nitrogens with one attached hydrogen (secondary N) is 4. The van der Waals surface area contributed by atoms with Crippen molar-refractivity contribution in [3.8, 4) is 5.75 Å². The molecule has 0 fully saturated rings. The third-order valence-corrected chi connectivity index (χ3v) is 4.84. The van der Waals surface area contributed by atoms with Crippen LogP contribution in [-0.4, -0.2) is 29.9 Å². The lowest BCUT2D eigenvalue weighted by Crippen LogP contribution is -2.48. The number of ether oxygens (including phenoxy) is 1. The molecular formula is C22H23ClN4O4S. The van der Waals surface area contributed by atoms with Crippen LogP contribution in [0.25, 0.3) is 6.08 Å². The number of hydrogen-bond acceptors (Lipinski definition) is 5. The van der Waals surface area contributed by atoms with Crippen molar-refractivity contribution in [3.63, 3.8) is 0 Å². The quantitative estimate of drug-likeness (QED) is 0.279. The molecule has 0 spiro atoms. The third-order valence-electron chi connectivity index (χ3n) is 4.23. The van der Waals surface area contributed by atoms with Gasteiger partial charge in [-0.1, -0.05) is 35.9 Å². The van der Waals surface area contributed by atoms with Crippen molar-refractivity contribution in [2.75, 3.05) is 12.4 Å². The lowest BCUT2D eigenvalue weighted by atomic mass is 10.2. The van der Waals surface area contributed by atoms with E-state index in [1.807, 2.05) is 12.1 Å². The van der Waals surface area contributed by atoms with Crippen LogP contribution in [0.3, 0.4) is 0 Å². The van der Waals surface area contributed by atoms with Crippen molar-refractivity contribution < 1.29 is 19.1 Å². The highest BCUT2D eigenvalue weighted by Gasteiger charge is 2.10. The molecule has 0 aliphatic heterocycles. The lowest BCUT2D eigenvalue weighted by molar-refractivity contribution is -0.124. The van der Waals surface area contributed by atoms with E-state index < -0.39 is 11.8 Å². The Balaban J connectivity index is 1.71. The lowest BCUT2D eigenvalue weighted by Gasteiger charge is -2.11. The van der Waals surface area contributed by atoms with E-state index in [0.717, 1.165) is 11.1 Å². The average molecular weight is 475 g/mol. The van der Waals surface area contributed by atoms with E-state index >= 15 is 0 Å². The highest BCUT2D eigenvalue weighted by molar-refractivity contribution is 7.80. The van der Waals surface area contributed by atoms with Crippen LogP contribution < -0.4 is 26.2 Å². The molecule has 0 bridgehead atoms. The zero-order valence-corrected chi connectivity index (χ0v) is 19.1. The average Bonchev–Trinajstić information content (AvgIpc) is 2.78. The molecule has 0 saturated heterocycles. The molecule has 3 amide bonds. The van der Waals surface area contributed by atoms with Gasteiger partial charge in [0.15, 0.2) is 5.11 Å². The third kappa shape index (κ3) is 8.01. The van der Waals surface area contributed by atoms with E-state index in [2.05, 4.69) is 21.5 Å². The number of carbonyl (C=O) groups is 3. The predicted octanol–water partition coefficient (Wildman–Crippen LogP) is 3.11. The number of hydrogen-bond donors (Lipinski definition) is 4. The van der Waals surface area contributed by atoms with Gasteiger partial charge >= 0.3 is 0 Å². The summed E-state index contributed by atoms with van der Waals surface area (Å²) in [5, 5.41) is 5.56. The zero-order valence-electron chi connectivity index (χ0n) is 17.5. The second-order valence-corrected chi connectivity index (χ2v) is 7.34. The number of thiocarbonyl (C=S) groups is 1. The minimum atomic E-state index is -0.487. The van der Waals surface area contributed by atoms with Crippen LogP contribution in [0.1, 0.15) is 24.0 Å². The zero-order chi connectivity index (χ0) is 23.5. The predicted molar refractivity (Wildman–Crippen MR) is 128 cm³/mol. The molecule has 0 saturated carbocycles. The van der Waals surface area contributed by atoms with Crippen molar-refractivity contribution in [1.29, 1.82) is 0 Å². The minimum Gasteiger partial charge on any atom is -0.496 e. The van der Waals surface area contributed by atoms with Gasteiger partial charge in [-0.3, -0.25) is 30.6 Å². The number of amides is 3. The van der Waals surface area contributed by atoms with Crippen molar-refractivity contribution >= 4 is 58.4 Å². The first kappa shape index (κ1) is 24.8. The number of rotatable bonds is 7. The molecular weight excluding hydrogens is 452 g/mol. The van der Waals surface area contributed by atoms with Gasteiger partial charge in [0.1, 0.15) is 5.75 Å². The van der Waals surface area contributed by atoms with Crippen LogP contribution in [-0.2, 0) is 14.4 Å². The molecule has 0 aliphatic rings. The highest BCUT2D eigenvalue weighted by atomic mass is 35.5. The number of hydrazine groups is 1. The smallest absolute Gasteiger partial charge is 0.250 e. The largest absolute Gasteiger partial charge is 0.496 e. The summed E-state index contributed by atoms with van der Waals surface area (Å²) in [4.78, 5) is 35.9. The van der Waals surface area contributed by atoms with Gasteiger partial charge in [0.05, 0.1) is 7.11 Å². The summed E-state index contributed by atoms with van der Waals surface area (Å²) in [5.74, 6) is -0.662. The minimum absolute atomic E-state index is 0.0414. The van der Waals surface area contributed by atoms with E-state index in [1.54, 1.807) is 43.3 Å². The van der Waals surface area contributed by atoms with Gasteiger partial charge in [-0.05, 0) is 49.0 Å². The van der Waals surface area contributed by atoms with Crippen LogP contribution in [0.2, 0.25) is 5.02 Å². The molecule has 0 atom stereocenters. The number of benzene rings is 2. The molecule has 8 nitrogen and oxygen atoms in total. The molecule has 10 heteroatoms. The van der Waals surface area contributed by atoms with Crippen LogP contribution in [0, 0.1) is 6.92 Å². The molecule has 0 aromatic heterocycles. The highest BCUT2D eigenvalue weighted by Crippen LogP contribution is 2.23. The number of anilines is 1. The van der Waals surface area contributed by atoms with E-state index in [4.69, 9.17) is 28.6 Å². The van der Waals surface area contributed by atoms with Crippen molar-refractivity contribution in [3.05, 3.63) is 64.7 Å². The number of para-hydroxylation sites is 1. The first-order valence-corrected chi connectivity index (χ1v) is 10.3. The Morgan fingerprint density at radius 3 is 2.50 bits per heavy atom. The summed E-state index contributed by atoms with van der Waals surface area (Å²) in [5.41, 5.74) is 6.81. The van der Waals surface area contributed by atoms with Gasteiger partial charge in [0.25, 0.3) is 0 Å². The fraction of sp³-hybridized carbons (Fsp3) is 0.182. The Kier molecular flexibility index (Phi) is 9.65. The summed E-state index contributed by atoms with van der Waals surface area (Å²) in [6.45, 7) is 1.79. The van der Waals surface area contributed by atoms with Crippen LogP contribution in [0.15, 0.2) is 48.5 Å². The summed E-state index contributed by atoms with van der Waals surface area (Å²) in [7, 11) is 1.54. The van der Waals surface area contributed by atoms with E-state index in [1.165, 1.54) is 13.2 Å². The maximum absolute atomic E-state index is 12.0. The molecule has 0 heterocycles. The number of carbonyl (C=O) groups excluding carboxylic acids is 3. The Hall–Kier alpha value is -3.43. The summed E-state index contributed by atoms with van der Waals surface area (Å²) in [6.07, 6.45) is 2.74. The van der Waals surface area contributed by atoms with Crippen LogP contribution in [0.5, 0.6) is 5.75 Å². The van der Waals surface area contributed by atoms with E-state index in [9.17, 15) is 14.4 Å². The fourth-order valence-corrected chi connectivity index (χ4v) is 2.85. The summed E-state index contributed by atoms with van der Waals surface area (Å²) >= 11 is 11.0. The van der Waals surface area contributed by atoms with E-state index in [0.29, 0.717) is 16.5 Å². The number of methoxy groups -OCH3 is 1. The maximum Gasteiger partial charge on any atom is 0.250 e. The molecule has 0 unspecified atom stereocenters. The van der Waals surface area contributed by atoms with Crippen molar-refractivity contribution in [2.45, 2.75) is 19.8 Å². The molecule has 2 rings (SSSR count). The molecule has 0 radical (unpaired) electrons. The van der Waals surface area contributed by atoms with E-state index in [-0.39, 0.29) is 23.9 Å². The maximum atomic E-state index is 12.0. The molecule has 2 aromatic rings.